The Hall–Kier alpha value is -2.14. The van der Waals surface area contributed by atoms with Crippen molar-refractivity contribution in [3.8, 4) is 0 Å². The molecular weight excluding hydrogens is 298 g/mol. The Kier molecular flexibility index (Phi) is 4.24. The highest BCUT2D eigenvalue weighted by Gasteiger charge is 2.37. The predicted molar refractivity (Wildman–Crippen MR) is 84.6 cm³/mol. The van der Waals surface area contributed by atoms with Gasteiger partial charge in [-0.05, 0) is 29.0 Å². The minimum absolute atomic E-state index is 0.0431. The Morgan fingerprint density at radius 2 is 2.05 bits per heavy atom. The lowest BCUT2D eigenvalue weighted by Gasteiger charge is -2.34. The predicted octanol–water partition coefficient (Wildman–Crippen LogP) is 2.59. The molecular formula is C17H17NO3S. The van der Waals surface area contributed by atoms with Gasteiger partial charge in [-0.3, -0.25) is 4.79 Å². The van der Waals surface area contributed by atoms with Gasteiger partial charge in [-0.25, -0.2) is 4.79 Å². The number of benzene rings is 1. The van der Waals surface area contributed by atoms with Gasteiger partial charge in [0.1, 0.15) is 0 Å². The highest BCUT2D eigenvalue weighted by molar-refractivity contribution is 7.10. The van der Waals surface area contributed by atoms with E-state index in [1.54, 1.807) is 16.2 Å². The zero-order valence-electron chi connectivity index (χ0n) is 12.3. The number of ether oxygens (including phenoxy) is 1. The van der Waals surface area contributed by atoms with Crippen LogP contribution in [0.4, 0.5) is 0 Å². The first-order chi connectivity index (χ1) is 10.7. The van der Waals surface area contributed by atoms with Crippen molar-refractivity contribution in [2.24, 2.45) is 0 Å². The molecule has 1 amide bonds. The smallest absolute Gasteiger partial charge is 0.333 e. The maximum atomic E-state index is 12.7. The van der Waals surface area contributed by atoms with Crippen molar-refractivity contribution in [2.75, 3.05) is 13.7 Å². The van der Waals surface area contributed by atoms with Gasteiger partial charge in [0.15, 0.2) is 6.04 Å². The molecule has 1 aromatic heterocycles. The van der Waals surface area contributed by atoms with Crippen LogP contribution in [0.15, 0.2) is 41.8 Å². The molecule has 1 unspecified atom stereocenters. The van der Waals surface area contributed by atoms with Gasteiger partial charge in [-0.1, -0.05) is 30.3 Å². The normalized spacial score (nSPS) is 17.0. The van der Waals surface area contributed by atoms with E-state index in [0.29, 0.717) is 13.0 Å². The Balaban J connectivity index is 1.85. The highest BCUT2D eigenvalue weighted by Crippen LogP contribution is 2.34. The van der Waals surface area contributed by atoms with E-state index in [-0.39, 0.29) is 11.9 Å². The number of esters is 1. The van der Waals surface area contributed by atoms with Gasteiger partial charge in [0.25, 0.3) is 0 Å². The molecule has 0 saturated carbocycles. The molecule has 5 heteroatoms. The molecule has 0 radical (unpaired) electrons. The van der Waals surface area contributed by atoms with E-state index in [1.807, 2.05) is 41.8 Å². The number of hydrogen-bond donors (Lipinski definition) is 0. The van der Waals surface area contributed by atoms with Crippen molar-refractivity contribution in [3.05, 3.63) is 57.8 Å². The number of fused-ring (bicyclic) bond motifs is 1. The first kappa shape index (κ1) is 14.8. The summed E-state index contributed by atoms with van der Waals surface area (Å²) in [5.74, 6) is -0.417. The third-order valence-electron chi connectivity index (χ3n) is 3.91. The number of rotatable bonds is 3. The molecule has 0 spiro atoms. The Morgan fingerprint density at radius 1 is 1.27 bits per heavy atom. The van der Waals surface area contributed by atoms with E-state index in [2.05, 4.69) is 0 Å². The lowest BCUT2D eigenvalue weighted by molar-refractivity contribution is -0.153. The number of carbonyl (C=O) groups is 2. The van der Waals surface area contributed by atoms with Crippen LogP contribution in [0, 0.1) is 0 Å². The maximum absolute atomic E-state index is 12.7. The Bertz CT molecular complexity index is 680. The van der Waals surface area contributed by atoms with Gasteiger partial charge in [0, 0.05) is 11.4 Å². The van der Waals surface area contributed by atoms with Crippen LogP contribution in [-0.2, 0) is 27.2 Å². The molecule has 114 valence electrons. The average molecular weight is 315 g/mol. The molecule has 0 fully saturated rings. The molecule has 2 aromatic rings. The van der Waals surface area contributed by atoms with Crippen LogP contribution in [0.2, 0.25) is 0 Å². The Morgan fingerprint density at radius 3 is 2.77 bits per heavy atom. The molecule has 1 atom stereocenters. The summed E-state index contributed by atoms with van der Waals surface area (Å²) in [6.07, 6.45) is 1.09. The lowest BCUT2D eigenvalue weighted by atomic mass is 9.99. The summed E-state index contributed by atoms with van der Waals surface area (Å²) in [4.78, 5) is 27.6. The number of thiophene rings is 1. The summed E-state index contributed by atoms with van der Waals surface area (Å²) >= 11 is 1.63. The molecule has 0 aliphatic carbocycles. The molecule has 2 heterocycles. The standard InChI is InChI=1S/C17H17NO3S/c1-21-17(20)16-13-8-10-22-14(13)7-9-18(16)15(19)11-12-5-3-2-4-6-12/h2-6,8,10,16H,7,9,11H2,1H3. The summed E-state index contributed by atoms with van der Waals surface area (Å²) in [7, 11) is 1.36. The fourth-order valence-corrected chi connectivity index (χ4v) is 3.73. The van der Waals surface area contributed by atoms with Crippen LogP contribution in [0.25, 0.3) is 0 Å². The summed E-state index contributed by atoms with van der Waals surface area (Å²) in [6.45, 7) is 0.555. The summed E-state index contributed by atoms with van der Waals surface area (Å²) in [6, 6.07) is 10.9. The molecule has 1 aliphatic rings. The summed E-state index contributed by atoms with van der Waals surface area (Å²) in [5.41, 5.74) is 1.86. The summed E-state index contributed by atoms with van der Waals surface area (Å²) in [5, 5.41) is 1.96. The fourth-order valence-electron chi connectivity index (χ4n) is 2.82. The number of hydrogen-bond acceptors (Lipinski definition) is 4. The van der Waals surface area contributed by atoms with E-state index in [9.17, 15) is 9.59 Å². The summed E-state index contributed by atoms with van der Waals surface area (Å²) < 4.78 is 4.92. The second kappa shape index (κ2) is 6.32. The Labute approximate surface area is 133 Å². The SMILES string of the molecule is COC(=O)C1c2ccsc2CCN1C(=O)Cc1ccccc1. The molecule has 0 N–H and O–H groups in total. The zero-order valence-corrected chi connectivity index (χ0v) is 13.1. The van der Waals surface area contributed by atoms with Crippen molar-refractivity contribution >= 4 is 23.2 Å². The number of methoxy groups -OCH3 is 1. The fraction of sp³-hybridized carbons (Fsp3) is 0.294. The molecule has 0 saturated heterocycles. The van der Waals surface area contributed by atoms with Crippen LogP contribution in [0.3, 0.4) is 0 Å². The monoisotopic (exact) mass is 315 g/mol. The van der Waals surface area contributed by atoms with Crippen molar-refractivity contribution in [3.63, 3.8) is 0 Å². The number of nitrogens with zero attached hydrogens (tertiary/aromatic N) is 1. The van der Waals surface area contributed by atoms with Crippen LogP contribution >= 0.6 is 11.3 Å². The molecule has 4 nitrogen and oxygen atoms in total. The van der Waals surface area contributed by atoms with Crippen LogP contribution in [-0.4, -0.2) is 30.4 Å². The third-order valence-corrected chi connectivity index (χ3v) is 4.91. The zero-order chi connectivity index (χ0) is 15.5. The van der Waals surface area contributed by atoms with Crippen LogP contribution in [0.1, 0.15) is 22.0 Å². The van der Waals surface area contributed by atoms with Crippen molar-refractivity contribution in [1.29, 1.82) is 0 Å². The van der Waals surface area contributed by atoms with Gasteiger partial charge in [0.2, 0.25) is 5.91 Å². The lowest BCUT2D eigenvalue weighted by Crippen LogP contribution is -2.44. The van der Waals surface area contributed by atoms with Crippen molar-refractivity contribution < 1.29 is 14.3 Å². The van der Waals surface area contributed by atoms with Gasteiger partial charge in [0.05, 0.1) is 13.5 Å². The molecule has 3 rings (SSSR count). The quantitative estimate of drug-likeness (QED) is 0.818. The van der Waals surface area contributed by atoms with Crippen molar-refractivity contribution in [2.45, 2.75) is 18.9 Å². The minimum Gasteiger partial charge on any atom is -0.467 e. The van der Waals surface area contributed by atoms with Crippen LogP contribution in [0.5, 0.6) is 0 Å². The van der Waals surface area contributed by atoms with Crippen molar-refractivity contribution in [1.82, 2.24) is 4.90 Å². The second-order valence-corrected chi connectivity index (χ2v) is 6.22. The first-order valence-corrected chi connectivity index (χ1v) is 8.06. The maximum Gasteiger partial charge on any atom is 0.333 e. The minimum atomic E-state index is -0.615. The molecule has 1 aromatic carbocycles. The van der Waals surface area contributed by atoms with E-state index in [1.165, 1.54) is 12.0 Å². The molecule has 0 bridgehead atoms. The van der Waals surface area contributed by atoms with Crippen LogP contribution < -0.4 is 0 Å². The van der Waals surface area contributed by atoms with E-state index >= 15 is 0 Å². The molecule has 1 aliphatic heterocycles. The largest absolute Gasteiger partial charge is 0.467 e. The second-order valence-electron chi connectivity index (χ2n) is 5.22. The van der Waals surface area contributed by atoms with E-state index in [4.69, 9.17) is 4.74 Å². The first-order valence-electron chi connectivity index (χ1n) is 7.18. The van der Waals surface area contributed by atoms with E-state index in [0.717, 1.165) is 17.5 Å². The van der Waals surface area contributed by atoms with Gasteiger partial charge in [-0.2, -0.15) is 0 Å². The number of carbonyl (C=O) groups excluding carboxylic acids is 2. The van der Waals surface area contributed by atoms with Gasteiger partial charge in [-0.15, -0.1) is 11.3 Å². The third kappa shape index (κ3) is 2.76. The topological polar surface area (TPSA) is 46.6 Å². The van der Waals surface area contributed by atoms with Gasteiger partial charge < -0.3 is 9.64 Å². The van der Waals surface area contributed by atoms with E-state index < -0.39 is 6.04 Å². The molecule has 22 heavy (non-hydrogen) atoms. The number of amides is 1. The average Bonchev–Trinajstić information content (AvgIpc) is 3.02. The highest BCUT2D eigenvalue weighted by atomic mass is 32.1. The van der Waals surface area contributed by atoms with Gasteiger partial charge >= 0.3 is 5.97 Å².